The van der Waals surface area contributed by atoms with Crippen LogP contribution in [-0.2, 0) is 28.5 Å². The number of aliphatic hydroxyl groups excluding tert-OH is 10. The van der Waals surface area contributed by atoms with Gasteiger partial charge in [0.15, 0.2) is 18.9 Å². The van der Waals surface area contributed by atoms with Crippen LogP contribution in [0.15, 0.2) is 0 Å². The summed E-state index contributed by atoms with van der Waals surface area (Å²) < 4.78 is 26.9. The molecule has 11 N–H and O–H groups in total. The molecule has 216 valence electrons. The maximum absolute atomic E-state index is 11.5. The van der Waals surface area contributed by atoms with Gasteiger partial charge in [-0.3, -0.25) is 4.79 Å². The molecule has 1 amide bonds. The molecule has 3 fully saturated rings. The van der Waals surface area contributed by atoms with Gasteiger partial charge in [-0.15, -0.1) is 0 Å². The van der Waals surface area contributed by atoms with E-state index in [2.05, 4.69) is 5.32 Å². The molecule has 0 aliphatic carbocycles. The van der Waals surface area contributed by atoms with E-state index in [1.165, 1.54) is 0 Å². The average molecular weight is 545 g/mol. The van der Waals surface area contributed by atoms with E-state index in [9.17, 15) is 55.9 Å². The Hall–Kier alpha value is -1.13. The summed E-state index contributed by atoms with van der Waals surface area (Å²) >= 11 is 0. The molecule has 17 heteroatoms. The van der Waals surface area contributed by atoms with Crippen molar-refractivity contribution in [1.82, 2.24) is 5.32 Å². The van der Waals surface area contributed by atoms with Gasteiger partial charge in [0.2, 0.25) is 5.91 Å². The number of ether oxygens (including phenoxy) is 5. The lowest BCUT2D eigenvalue weighted by atomic mass is 9.95. The van der Waals surface area contributed by atoms with E-state index >= 15 is 0 Å². The van der Waals surface area contributed by atoms with Gasteiger partial charge in [-0.25, -0.2) is 0 Å². The predicted molar refractivity (Wildman–Crippen MR) is 113 cm³/mol. The lowest BCUT2D eigenvalue weighted by molar-refractivity contribution is -0.375. The Morgan fingerprint density at radius 3 is 1.70 bits per heavy atom. The van der Waals surface area contributed by atoms with Gasteiger partial charge < -0.3 is 80.1 Å². The quantitative estimate of drug-likeness (QED) is 0.135. The minimum atomic E-state index is -1.91. The summed E-state index contributed by atoms with van der Waals surface area (Å²) in [5.74, 6) is -0.627. The number of rotatable bonds is 8. The third kappa shape index (κ3) is 6.38. The van der Waals surface area contributed by atoms with Crippen LogP contribution >= 0.6 is 0 Å². The molecule has 3 saturated heterocycles. The largest absolute Gasteiger partial charge is 0.394 e. The van der Waals surface area contributed by atoms with Crippen LogP contribution in [0.2, 0.25) is 0 Å². The molecule has 0 aromatic rings. The number of aliphatic hydroxyl groups is 10. The molecule has 3 aliphatic rings. The van der Waals surface area contributed by atoms with E-state index in [0.717, 1.165) is 6.92 Å². The Balaban J connectivity index is 1.80. The molecule has 0 spiro atoms. The van der Waals surface area contributed by atoms with Crippen LogP contribution in [0, 0.1) is 0 Å². The lowest BCUT2D eigenvalue weighted by Gasteiger charge is -2.48. The van der Waals surface area contributed by atoms with Gasteiger partial charge >= 0.3 is 0 Å². The van der Waals surface area contributed by atoms with Gasteiger partial charge in [0.25, 0.3) is 0 Å². The fourth-order valence-corrected chi connectivity index (χ4v) is 4.46. The zero-order valence-electron chi connectivity index (χ0n) is 19.7. The molecule has 0 bridgehead atoms. The van der Waals surface area contributed by atoms with Gasteiger partial charge in [-0.05, 0) is 0 Å². The van der Waals surface area contributed by atoms with Crippen molar-refractivity contribution in [1.29, 1.82) is 0 Å². The molecule has 3 aliphatic heterocycles. The van der Waals surface area contributed by atoms with Crippen molar-refractivity contribution in [3.05, 3.63) is 0 Å². The second-order valence-electron chi connectivity index (χ2n) is 9.07. The Bertz CT molecular complexity index is 745. The fourth-order valence-electron chi connectivity index (χ4n) is 4.46. The fraction of sp³-hybridized carbons (Fsp3) is 0.950. The number of nitrogens with one attached hydrogen (secondary N) is 1. The summed E-state index contributed by atoms with van der Waals surface area (Å²) in [6.07, 6.45) is -23.4. The molecule has 0 unspecified atom stereocenters. The third-order valence-electron chi connectivity index (χ3n) is 6.50. The first kappa shape index (κ1) is 30.4. The molecular formula is C20H35NO16. The molecule has 0 radical (unpaired) electrons. The van der Waals surface area contributed by atoms with E-state index in [1.807, 2.05) is 0 Å². The first-order valence-electron chi connectivity index (χ1n) is 11.6. The van der Waals surface area contributed by atoms with E-state index in [0.29, 0.717) is 0 Å². The standard InChI is InChI=1S/C20H35NO16/c1-5(25)21-9-12(28)16(8(4-24)33-18(9)32)36-20-15(31)17(11(27)7(3-23)35-20)37-19-14(30)13(29)10(26)6(2-22)34-19/h6-20,22-24,26-32H,2-4H2,1H3,(H,21,25)/t6-,7-,8+,9+,10-,11-,12+,13+,14-,15+,16+,17+,18-,19-,20+/m0/s1. The number of hydrogen-bond donors (Lipinski definition) is 11. The van der Waals surface area contributed by atoms with Gasteiger partial charge in [0.05, 0.1) is 19.8 Å². The highest BCUT2D eigenvalue weighted by molar-refractivity contribution is 5.73. The van der Waals surface area contributed by atoms with Gasteiger partial charge in [-0.2, -0.15) is 0 Å². The van der Waals surface area contributed by atoms with Crippen LogP contribution < -0.4 is 5.32 Å². The molecule has 15 atom stereocenters. The molecule has 0 aromatic heterocycles. The van der Waals surface area contributed by atoms with E-state index in [1.54, 1.807) is 0 Å². The van der Waals surface area contributed by atoms with Crippen LogP contribution in [0.3, 0.4) is 0 Å². The van der Waals surface area contributed by atoms with Crippen molar-refractivity contribution in [2.24, 2.45) is 0 Å². The Labute approximate surface area is 210 Å². The number of hydrogen-bond acceptors (Lipinski definition) is 16. The lowest BCUT2D eigenvalue weighted by Crippen LogP contribution is -2.68. The van der Waals surface area contributed by atoms with Crippen molar-refractivity contribution in [3.63, 3.8) is 0 Å². The van der Waals surface area contributed by atoms with Crippen molar-refractivity contribution >= 4 is 5.91 Å². The van der Waals surface area contributed by atoms with Crippen molar-refractivity contribution in [2.75, 3.05) is 19.8 Å². The SMILES string of the molecule is CC(=O)N[C@@H]1[C@@H](O)[C@H](O[C@H]2O[C@@H](CO)[C@H](O)[C@@H](O[C@@H]3O[C@@H](CO)[C@H](O)[C@@H](O)[C@@H]3O)[C@H]2O)[C@@H](CO)O[C@@H]1O. The minimum Gasteiger partial charge on any atom is -0.394 e. The molecule has 3 heterocycles. The normalized spacial score (nSPS) is 49.0. The van der Waals surface area contributed by atoms with Crippen LogP contribution in [0.1, 0.15) is 6.92 Å². The van der Waals surface area contributed by atoms with Gasteiger partial charge in [-0.1, -0.05) is 0 Å². The Kier molecular flexibility index (Phi) is 10.5. The highest BCUT2D eigenvalue weighted by Crippen LogP contribution is 2.32. The first-order chi connectivity index (χ1) is 17.4. The second kappa shape index (κ2) is 12.8. The Morgan fingerprint density at radius 2 is 1.16 bits per heavy atom. The average Bonchev–Trinajstić information content (AvgIpc) is 2.86. The molecule has 37 heavy (non-hydrogen) atoms. The summed E-state index contributed by atoms with van der Waals surface area (Å²) in [7, 11) is 0. The first-order valence-corrected chi connectivity index (χ1v) is 11.6. The van der Waals surface area contributed by atoms with Crippen LogP contribution in [-0.4, -0.2) is 169 Å². The zero-order chi connectivity index (χ0) is 27.6. The molecule has 3 rings (SSSR count). The van der Waals surface area contributed by atoms with Crippen LogP contribution in [0.4, 0.5) is 0 Å². The highest BCUT2D eigenvalue weighted by Gasteiger charge is 2.53. The van der Waals surface area contributed by atoms with Crippen LogP contribution in [0.5, 0.6) is 0 Å². The summed E-state index contributed by atoms with van der Waals surface area (Å²) in [6, 6.07) is -1.40. The zero-order valence-corrected chi connectivity index (χ0v) is 19.7. The van der Waals surface area contributed by atoms with Gasteiger partial charge in [0, 0.05) is 6.92 Å². The third-order valence-corrected chi connectivity index (χ3v) is 6.50. The monoisotopic (exact) mass is 545 g/mol. The summed E-state index contributed by atoms with van der Waals surface area (Å²) in [6.45, 7) is -1.23. The molecular weight excluding hydrogens is 510 g/mol. The number of amides is 1. The topological polar surface area (TPSA) is 278 Å². The van der Waals surface area contributed by atoms with E-state index in [4.69, 9.17) is 23.7 Å². The maximum Gasteiger partial charge on any atom is 0.217 e. The van der Waals surface area contributed by atoms with E-state index < -0.39 is 118 Å². The van der Waals surface area contributed by atoms with Crippen molar-refractivity contribution in [3.8, 4) is 0 Å². The summed E-state index contributed by atoms with van der Waals surface area (Å²) in [5.41, 5.74) is 0. The van der Waals surface area contributed by atoms with Gasteiger partial charge in [0.1, 0.15) is 73.2 Å². The Morgan fingerprint density at radius 1 is 0.649 bits per heavy atom. The molecule has 17 nitrogen and oxygen atoms in total. The summed E-state index contributed by atoms with van der Waals surface area (Å²) in [4.78, 5) is 11.5. The van der Waals surface area contributed by atoms with Crippen molar-refractivity contribution < 1.29 is 79.5 Å². The smallest absolute Gasteiger partial charge is 0.217 e. The van der Waals surface area contributed by atoms with E-state index in [-0.39, 0.29) is 0 Å². The molecule has 0 aromatic carbocycles. The minimum absolute atomic E-state index is 0.627. The highest BCUT2D eigenvalue weighted by atomic mass is 16.7. The predicted octanol–water partition coefficient (Wildman–Crippen LogP) is -7.43. The summed E-state index contributed by atoms with van der Waals surface area (Å²) in [5, 5.41) is 103. The van der Waals surface area contributed by atoms with Crippen molar-refractivity contribution in [2.45, 2.75) is 99.0 Å². The number of carbonyl (C=O) groups excluding carboxylic acids is 1. The van der Waals surface area contributed by atoms with Crippen LogP contribution in [0.25, 0.3) is 0 Å². The molecule has 0 saturated carbocycles. The number of carbonyl (C=O) groups is 1. The maximum atomic E-state index is 11.5. The second-order valence-corrected chi connectivity index (χ2v) is 9.07.